The smallest absolute Gasteiger partial charge is 0.156 e. The lowest BCUT2D eigenvalue weighted by Crippen LogP contribution is -2.45. The van der Waals surface area contributed by atoms with E-state index in [9.17, 15) is 9.59 Å². The quantitative estimate of drug-likeness (QED) is 0.531. The van der Waals surface area contributed by atoms with Gasteiger partial charge < -0.3 is 4.90 Å². The number of fused-ring (bicyclic) bond motifs is 4. The van der Waals surface area contributed by atoms with E-state index in [2.05, 4.69) is 57.1 Å². The highest BCUT2D eigenvalue weighted by atomic mass is 16.1. The van der Waals surface area contributed by atoms with E-state index in [0.29, 0.717) is 41.7 Å². The fraction of sp³-hybridized carbons (Fsp3) is 0.600. The van der Waals surface area contributed by atoms with Gasteiger partial charge in [0.1, 0.15) is 5.78 Å². The second-order valence-corrected chi connectivity index (χ2v) is 11.6. The second-order valence-electron chi connectivity index (χ2n) is 11.6. The third kappa shape index (κ3) is 3.54. The SMILES string of the molecule is CC[C@@H]1C[C@H]2[C@@H]3CCC4=CC(=O)CCC4=C3[C@@H](c3ccc(N(C)C)cc3)C[C@]2(C)[C@H]1C(C)=O. The molecule has 4 aliphatic carbocycles. The molecule has 0 radical (unpaired) electrons. The first-order valence-corrected chi connectivity index (χ1v) is 13.0. The fourth-order valence-corrected chi connectivity index (χ4v) is 8.35. The van der Waals surface area contributed by atoms with Gasteiger partial charge in [0, 0.05) is 38.0 Å². The van der Waals surface area contributed by atoms with Crippen molar-refractivity contribution in [3.8, 4) is 0 Å². The maximum absolute atomic E-state index is 13.0. The Bertz CT molecular complexity index is 1030. The summed E-state index contributed by atoms with van der Waals surface area (Å²) >= 11 is 0. The molecule has 6 atom stereocenters. The van der Waals surface area contributed by atoms with Crippen molar-refractivity contribution < 1.29 is 9.59 Å². The van der Waals surface area contributed by atoms with Crippen LogP contribution < -0.4 is 4.90 Å². The molecule has 0 aromatic heterocycles. The summed E-state index contributed by atoms with van der Waals surface area (Å²) in [6, 6.07) is 9.10. The number of rotatable bonds is 4. The Morgan fingerprint density at radius 2 is 1.85 bits per heavy atom. The normalized spacial score (nSPS) is 35.5. The number of benzene rings is 1. The van der Waals surface area contributed by atoms with Gasteiger partial charge in [0.05, 0.1) is 0 Å². The van der Waals surface area contributed by atoms with E-state index < -0.39 is 0 Å². The van der Waals surface area contributed by atoms with Crippen LogP contribution >= 0.6 is 0 Å². The van der Waals surface area contributed by atoms with Gasteiger partial charge in [0.15, 0.2) is 5.78 Å². The molecule has 0 N–H and O–H groups in total. The van der Waals surface area contributed by atoms with E-state index in [1.54, 1.807) is 5.57 Å². The Labute approximate surface area is 199 Å². The van der Waals surface area contributed by atoms with Crippen LogP contribution in [0.5, 0.6) is 0 Å². The van der Waals surface area contributed by atoms with Gasteiger partial charge in [-0.05, 0) is 97.1 Å². The lowest BCUT2D eigenvalue weighted by molar-refractivity contribution is -0.126. The highest BCUT2D eigenvalue weighted by molar-refractivity contribution is 5.93. The van der Waals surface area contributed by atoms with Crippen LogP contribution in [0.2, 0.25) is 0 Å². The zero-order valence-corrected chi connectivity index (χ0v) is 21.0. The molecular weight excluding hydrogens is 406 g/mol. The predicted molar refractivity (Wildman–Crippen MR) is 134 cm³/mol. The molecule has 1 aromatic carbocycles. The summed E-state index contributed by atoms with van der Waals surface area (Å²) in [5, 5.41) is 0. The molecule has 2 saturated carbocycles. The topological polar surface area (TPSA) is 37.4 Å². The summed E-state index contributed by atoms with van der Waals surface area (Å²) in [7, 11) is 4.17. The van der Waals surface area contributed by atoms with Crippen molar-refractivity contribution in [1.29, 1.82) is 0 Å². The van der Waals surface area contributed by atoms with Crippen LogP contribution in [0.25, 0.3) is 0 Å². The molecular formula is C30H39NO2. The van der Waals surface area contributed by atoms with Gasteiger partial charge in [-0.2, -0.15) is 0 Å². The first-order valence-electron chi connectivity index (χ1n) is 13.0. The molecule has 0 bridgehead atoms. The average Bonchev–Trinajstić information content (AvgIpc) is 3.10. The number of ketones is 2. The first-order chi connectivity index (χ1) is 15.7. The maximum Gasteiger partial charge on any atom is 0.156 e. The molecule has 0 saturated heterocycles. The highest BCUT2D eigenvalue weighted by Gasteiger charge is 2.60. The lowest BCUT2D eigenvalue weighted by atomic mass is 9.51. The molecule has 176 valence electrons. The zero-order chi connectivity index (χ0) is 23.5. The summed E-state index contributed by atoms with van der Waals surface area (Å²) in [6.07, 6.45) is 8.98. The predicted octanol–water partition coefficient (Wildman–Crippen LogP) is 6.49. The number of carbonyl (C=O) groups is 2. The van der Waals surface area contributed by atoms with Crippen LogP contribution in [0.1, 0.15) is 77.2 Å². The number of hydrogen-bond acceptors (Lipinski definition) is 3. The van der Waals surface area contributed by atoms with Gasteiger partial charge in [0.25, 0.3) is 0 Å². The van der Waals surface area contributed by atoms with Crippen LogP contribution in [0.4, 0.5) is 5.69 Å². The van der Waals surface area contributed by atoms with Crippen molar-refractivity contribution in [3.05, 3.63) is 52.6 Å². The molecule has 1 aromatic rings. The second kappa shape index (κ2) is 8.25. The molecule has 0 unspecified atom stereocenters. The summed E-state index contributed by atoms with van der Waals surface area (Å²) in [5.41, 5.74) is 7.08. The summed E-state index contributed by atoms with van der Waals surface area (Å²) in [6.45, 7) is 6.55. The minimum atomic E-state index is 0.0534. The van der Waals surface area contributed by atoms with Gasteiger partial charge in [0.2, 0.25) is 0 Å². The number of anilines is 1. The summed E-state index contributed by atoms with van der Waals surface area (Å²) in [5.74, 6) is 2.83. The Morgan fingerprint density at radius 3 is 2.48 bits per heavy atom. The fourth-order valence-electron chi connectivity index (χ4n) is 8.35. The van der Waals surface area contributed by atoms with E-state index >= 15 is 0 Å². The number of carbonyl (C=O) groups excluding carboxylic acids is 2. The molecule has 3 heteroatoms. The highest BCUT2D eigenvalue weighted by Crippen LogP contribution is 2.67. The molecule has 2 fully saturated rings. The minimum absolute atomic E-state index is 0.0534. The van der Waals surface area contributed by atoms with E-state index in [1.807, 2.05) is 13.0 Å². The van der Waals surface area contributed by atoms with Crippen LogP contribution in [-0.4, -0.2) is 25.7 Å². The van der Waals surface area contributed by atoms with Crippen molar-refractivity contribution in [3.63, 3.8) is 0 Å². The monoisotopic (exact) mass is 445 g/mol. The van der Waals surface area contributed by atoms with Gasteiger partial charge in [-0.25, -0.2) is 0 Å². The summed E-state index contributed by atoms with van der Waals surface area (Å²) in [4.78, 5) is 27.4. The summed E-state index contributed by atoms with van der Waals surface area (Å²) < 4.78 is 0. The molecule has 5 rings (SSSR count). The molecule has 3 nitrogen and oxygen atoms in total. The molecule has 0 heterocycles. The molecule has 33 heavy (non-hydrogen) atoms. The van der Waals surface area contributed by atoms with Gasteiger partial charge in [-0.3, -0.25) is 9.59 Å². The van der Waals surface area contributed by atoms with Crippen molar-refractivity contribution >= 4 is 17.3 Å². The number of allylic oxidation sites excluding steroid dienone is 4. The van der Waals surface area contributed by atoms with Crippen LogP contribution in [-0.2, 0) is 9.59 Å². The number of Topliss-reactive ketones (excluding diaryl/α,β-unsaturated/α-hetero) is 1. The molecule has 0 amide bonds. The van der Waals surface area contributed by atoms with Crippen LogP contribution in [0.3, 0.4) is 0 Å². The Kier molecular flexibility index (Phi) is 5.66. The maximum atomic E-state index is 13.0. The minimum Gasteiger partial charge on any atom is -0.378 e. The molecule has 4 aliphatic rings. The van der Waals surface area contributed by atoms with Crippen molar-refractivity contribution in [2.24, 2.45) is 29.1 Å². The first kappa shape index (κ1) is 22.6. The van der Waals surface area contributed by atoms with Crippen molar-refractivity contribution in [2.45, 2.75) is 71.6 Å². The van der Waals surface area contributed by atoms with E-state index in [0.717, 1.165) is 32.1 Å². The molecule has 0 aliphatic heterocycles. The lowest BCUT2D eigenvalue weighted by Gasteiger charge is -2.52. The van der Waals surface area contributed by atoms with E-state index in [1.165, 1.54) is 28.8 Å². The Morgan fingerprint density at radius 1 is 1.12 bits per heavy atom. The Balaban J connectivity index is 1.66. The third-order valence-electron chi connectivity index (χ3n) is 9.68. The van der Waals surface area contributed by atoms with Gasteiger partial charge in [-0.1, -0.05) is 38.0 Å². The largest absolute Gasteiger partial charge is 0.378 e. The van der Waals surface area contributed by atoms with E-state index in [4.69, 9.17) is 0 Å². The van der Waals surface area contributed by atoms with Gasteiger partial charge >= 0.3 is 0 Å². The van der Waals surface area contributed by atoms with Crippen LogP contribution in [0, 0.1) is 29.1 Å². The van der Waals surface area contributed by atoms with E-state index in [-0.39, 0.29) is 11.3 Å². The third-order valence-corrected chi connectivity index (χ3v) is 9.68. The van der Waals surface area contributed by atoms with Gasteiger partial charge in [-0.15, -0.1) is 0 Å². The van der Waals surface area contributed by atoms with Crippen LogP contribution in [0.15, 0.2) is 47.1 Å². The average molecular weight is 446 g/mol. The Hall–Kier alpha value is -2.16. The number of hydrogen-bond donors (Lipinski definition) is 0. The van der Waals surface area contributed by atoms with Crippen molar-refractivity contribution in [2.75, 3.05) is 19.0 Å². The molecule has 0 spiro atoms. The standard InChI is InChI=1S/C30H39NO2/c1-6-19-16-27-25-13-9-21-15-23(33)12-14-24(21)28(25)26(17-30(27,3)29(19)18(2)32)20-7-10-22(11-8-20)31(4)5/h7-8,10-11,15,19,25-27,29H,6,9,12-14,16-17H2,1-5H3/t19-,25+,26-,27+,29+,30+/m1/s1. The van der Waals surface area contributed by atoms with Crippen molar-refractivity contribution in [1.82, 2.24) is 0 Å². The number of nitrogens with zero attached hydrogens (tertiary/aromatic N) is 1. The zero-order valence-electron chi connectivity index (χ0n) is 21.0.